The van der Waals surface area contributed by atoms with Crippen LogP contribution in [0.15, 0.2) is 24.3 Å². The summed E-state index contributed by atoms with van der Waals surface area (Å²) in [5.74, 6) is 1.69. The molecule has 1 aliphatic carbocycles. The Hall–Kier alpha value is -0.980. The van der Waals surface area contributed by atoms with E-state index in [2.05, 4.69) is 36.5 Å². The topological polar surface area (TPSA) is 12.0 Å². The molecule has 13 heavy (non-hydrogen) atoms. The Kier molecular flexibility index (Phi) is 2.26. The lowest BCUT2D eigenvalue weighted by Gasteiger charge is -2.34. The molecule has 1 nitrogen and oxygen atoms in total. The first-order chi connectivity index (χ1) is 6.31. The Balaban J connectivity index is 2.20. The molecule has 0 bridgehead atoms. The van der Waals surface area contributed by atoms with Gasteiger partial charge in [0.05, 0.1) is 0 Å². The zero-order chi connectivity index (χ0) is 9.26. The molecule has 2 atom stereocenters. The Morgan fingerprint density at radius 2 is 2.15 bits per heavy atom. The monoisotopic (exact) mass is 175 g/mol. The van der Waals surface area contributed by atoms with Gasteiger partial charge < -0.3 is 5.32 Å². The molecule has 1 aromatic rings. The summed E-state index contributed by atoms with van der Waals surface area (Å²) < 4.78 is 0. The largest absolute Gasteiger partial charge is 0.388 e. The summed E-state index contributed by atoms with van der Waals surface area (Å²) in [6.07, 6.45) is 2.77. The molecule has 1 aromatic carbocycles. The average molecular weight is 175 g/mol. The van der Waals surface area contributed by atoms with E-state index in [1.165, 1.54) is 24.1 Å². The van der Waals surface area contributed by atoms with E-state index in [0.29, 0.717) is 0 Å². The van der Waals surface area contributed by atoms with Gasteiger partial charge in [-0.2, -0.15) is 0 Å². The molecule has 1 N–H and O–H groups in total. The van der Waals surface area contributed by atoms with E-state index in [1.54, 1.807) is 0 Å². The molecule has 2 rings (SSSR count). The van der Waals surface area contributed by atoms with Gasteiger partial charge in [0.25, 0.3) is 0 Å². The van der Waals surface area contributed by atoms with Crippen LogP contribution in [0.5, 0.6) is 0 Å². The Morgan fingerprint density at radius 1 is 1.31 bits per heavy atom. The van der Waals surface area contributed by atoms with E-state index in [1.807, 2.05) is 7.05 Å². The van der Waals surface area contributed by atoms with Crippen LogP contribution in [0, 0.1) is 5.92 Å². The Labute approximate surface area is 80.2 Å². The SMILES string of the molecule is CNc1cccc(C2CCC2C)c1. The lowest BCUT2D eigenvalue weighted by atomic mass is 9.71. The van der Waals surface area contributed by atoms with Crippen molar-refractivity contribution >= 4 is 5.69 Å². The third-order valence-electron chi connectivity index (χ3n) is 3.22. The van der Waals surface area contributed by atoms with Gasteiger partial charge in [-0.25, -0.2) is 0 Å². The van der Waals surface area contributed by atoms with Gasteiger partial charge in [0.2, 0.25) is 0 Å². The second-order valence-electron chi connectivity index (χ2n) is 4.04. The lowest BCUT2D eigenvalue weighted by molar-refractivity contribution is 0.280. The fraction of sp³-hybridized carbons (Fsp3) is 0.500. The molecule has 0 amide bonds. The lowest BCUT2D eigenvalue weighted by Crippen LogP contribution is -2.20. The minimum Gasteiger partial charge on any atom is -0.388 e. The van der Waals surface area contributed by atoms with Crippen LogP contribution in [0.4, 0.5) is 5.69 Å². The molecule has 0 spiro atoms. The highest BCUT2D eigenvalue weighted by Crippen LogP contribution is 2.42. The molecule has 1 aliphatic rings. The second-order valence-corrected chi connectivity index (χ2v) is 4.04. The van der Waals surface area contributed by atoms with Crippen LogP contribution in [0.2, 0.25) is 0 Å². The summed E-state index contributed by atoms with van der Waals surface area (Å²) in [5.41, 5.74) is 2.74. The van der Waals surface area contributed by atoms with Crippen molar-refractivity contribution in [3.63, 3.8) is 0 Å². The van der Waals surface area contributed by atoms with Crippen molar-refractivity contribution in [2.24, 2.45) is 5.92 Å². The normalized spacial score (nSPS) is 26.6. The molecular weight excluding hydrogens is 158 g/mol. The molecule has 1 heteroatoms. The van der Waals surface area contributed by atoms with E-state index in [9.17, 15) is 0 Å². The fourth-order valence-corrected chi connectivity index (χ4v) is 2.09. The number of hydrogen-bond donors (Lipinski definition) is 1. The van der Waals surface area contributed by atoms with Crippen molar-refractivity contribution < 1.29 is 0 Å². The number of nitrogens with one attached hydrogen (secondary N) is 1. The highest BCUT2D eigenvalue weighted by atomic mass is 14.8. The van der Waals surface area contributed by atoms with Gasteiger partial charge in [-0.05, 0) is 42.4 Å². The molecule has 0 aliphatic heterocycles. The van der Waals surface area contributed by atoms with Crippen LogP contribution in [0.3, 0.4) is 0 Å². The number of benzene rings is 1. The van der Waals surface area contributed by atoms with Gasteiger partial charge in [-0.1, -0.05) is 19.1 Å². The van der Waals surface area contributed by atoms with Gasteiger partial charge in [0.15, 0.2) is 0 Å². The van der Waals surface area contributed by atoms with E-state index < -0.39 is 0 Å². The maximum Gasteiger partial charge on any atom is 0.0340 e. The third kappa shape index (κ3) is 1.55. The van der Waals surface area contributed by atoms with E-state index in [4.69, 9.17) is 0 Å². The first-order valence-electron chi connectivity index (χ1n) is 5.09. The molecule has 2 unspecified atom stereocenters. The maximum absolute atomic E-state index is 3.19. The van der Waals surface area contributed by atoms with Crippen molar-refractivity contribution in [1.82, 2.24) is 0 Å². The standard InChI is InChI=1S/C12H17N/c1-9-6-7-12(9)10-4-3-5-11(8-10)13-2/h3-5,8-9,12-13H,6-7H2,1-2H3. The number of anilines is 1. The van der Waals surface area contributed by atoms with Crippen LogP contribution < -0.4 is 5.32 Å². The molecular formula is C12H17N. The van der Waals surface area contributed by atoms with E-state index in [-0.39, 0.29) is 0 Å². The average Bonchev–Trinajstić information content (AvgIpc) is 2.16. The number of rotatable bonds is 2. The molecule has 1 saturated carbocycles. The zero-order valence-electron chi connectivity index (χ0n) is 8.38. The summed E-state index contributed by atoms with van der Waals surface area (Å²) in [7, 11) is 1.98. The van der Waals surface area contributed by atoms with Crippen LogP contribution in [-0.4, -0.2) is 7.05 Å². The van der Waals surface area contributed by atoms with Crippen molar-refractivity contribution in [3.8, 4) is 0 Å². The van der Waals surface area contributed by atoms with Crippen molar-refractivity contribution in [1.29, 1.82) is 0 Å². The van der Waals surface area contributed by atoms with E-state index >= 15 is 0 Å². The molecule has 0 radical (unpaired) electrons. The highest BCUT2D eigenvalue weighted by molar-refractivity contribution is 5.46. The van der Waals surface area contributed by atoms with Crippen molar-refractivity contribution in [2.45, 2.75) is 25.7 Å². The first kappa shape index (κ1) is 8.61. The quantitative estimate of drug-likeness (QED) is 0.727. The fourth-order valence-electron chi connectivity index (χ4n) is 2.09. The summed E-state index contributed by atoms with van der Waals surface area (Å²) in [4.78, 5) is 0. The molecule has 0 saturated heterocycles. The summed E-state index contributed by atoms with van der Waals surface area (Å²) in [6, 6.07) is 8.79. The predicted molar refractivity (Wildman–Crippen MR) is 57.1 cm³/mol. The molecule has 0 heterocycles. The van der Waals surface area contributed by atoms with Gasteiger partial charge in [-0.3, -0.25) is 0 Å². The predicted octanol–water partition coefficient (Wildman–Crippen LogP) is 3.24. The maximum atomic E-state index is 3.19. The number of hydrogen-bond acceptors (Lipinski definition) is 1. The smallest absolute Gasteiger partial charge is 0.0340 e. The summed E-state index contributed by atoms with van der Waals surface area (Å²) in [6.45, 7) is 2.35. The third-order valence-corrected chi connectivity index (χ3v) is 3.22. The summed E-state index contributed by atoms with van der Waals surface area (Å²) in [5, 5.41) is 3.19. The van der Waals surface area contributed by atoms with Crippen molar-refractivity contribution in [2.75, 3.05) is 12.4 Å². The van der Waals surface area contributed by atoms with Crippen LogP contribution in [0.25, 0.3) is 0 Å². The second kappa shape index (κ2) is 3.41. The zero-order valence-corrected chi connectivity index (χ0v) is 8.38. The molecule has 70 valence electrons. The minimum atomic E-state index is 0.813. The van der Waals surface area contributed by atoms with Crippen LogP contribution >= 0.6 is 0 Å². The minimum absolute atomic E-state index is 0.813. The Morgan fingerprint density at radius 3 is 2.69 bits per heavy atom. The van der Waals surface area contributed by atoms with Crippen molar-refractivity contribution in [3.05, 3.63) is 29.8 Å². The molecule has 1 fully saturated rings. The van der Waals surface area contributed by atoms with Crippen LogP contribution in [-0.2, 0) is 0 Å². The van der Waals surface area contributed by atoms with Gasteiger partial charge in [0, 0.05) is 12.7 Å². The van der Waals surface area contributed by atoms with Gasteiger partial charge in [-0.15, -0.1) is 0 Å². The summed E-state index contributed by atoms with van der Waals surface area (Å²) >= 11 is 0. The van der Waals surface area contributed by atoms with Crippen LogP contribution in [0.1, 0.15) is 31.2 Å². The Bertz CT molecular complexity index is 293. The first-order valence-corrected chi connectivity index (χ1v) is 5.09. The highest BCUT2D eigenvalue weighted by Gasteiger charge is 2.27. The van der Waals surface area contributed by atoms with Gasteiger partial charge >= 0.3 is 0 Å². The van der Waals surface area contributed by atoms with Gasteiger partial charge in [0.1, 0.15) is 0 Å². The van der Waals surface area contributed by atoms with E-state index in [0.717, 1.165) is 11.8 Å². The molecule has 0 aromatic heterocycles.